The first-order valence-electron chi connectivity index (χ1n) is 11.4. The van der Waals surface area contributed by atoms with Gasteiger partial charge in [-0.15, -0.1) is 0 Å². The van der Waals surface area contributed by atoms with E-state index in [-0.39, 0.29) is 23.2 Å². The second-order valence-corrected chi connectivity index (χ2v) is 10.5. The van der Waals surface area contributed by atoms with Gasteiger partial charge in [0.2, 0.25) is 10.0 Å². The molecule has 2 saturated heterocycles. The molecule has 33 heavy (non-hydrogen) atoms. The molecule has 2 aromatic rings. The van der Waals surface area contributed by atoms with E-state index in [9.17, 15) is 17.6 Å². The van der Waals surface area contributed by atoms with Gasteiger partial charge in [0, 0.05) is 45.0 Å². The molecule has 0 radical (unpaired) electrons. The number of amides is 1. The zero-order chi connectivity index (χ0) is 23.4. The highest BCUT2D eigenvalue weighted by molar-refractivity contribution is 7.89. The van der Waals surface area contributed by atoms with Crippen molar-refractivity contribution in [1.82, 2.24) is 9.21 Å². The third-order valence-corrected chi connectivity index (χ3v) is 8.17. The molecule has 0 bridgehead atoms. The average Bonchev–Trinajstić information content (AvgIpc) is 2.84. The number of piperazine rings is 1. The van der Waals surface area contributed by atoms with Crippen molar-refractivity contribution < 1.29 is 22.3 Å². The number of ether oxygens (including phenoxy) is 1. The smallest absolute Gasteiger partial charge is 0.260 e. The molecule has 0 atom stereocenters. The monoisotopic (exact) mass is 475 g/mol. The minimum atomic E-state index is -3.50. The molecule has 4 rings (SSSR count). The third kappa shape index (κ3) is 5.47. The van der Waals surface area contributed by atoms with E-state index in [4.69, 9.17) is 4.74 Å². The second-order valence-electron chi connectivity index (χ2n) is 8.52. The summed E-state index contributed by atoms with van der Waals surface area (Å²) < 4.78 is 46.1. The van der Waals surface area contributed by atoms with Crippen molar-refractivity contribution in [3.8, 4) is 5.75 Å². The summed E-state index contributed by atoms with van der Waals surface area (Å²) in [4.78, 5) is 16.8. The molecule has 9 heteroatoms. The van der Waals surface area contributed by atoms with E-state index in [0.29, 0.717) is 50.6 Å². The summed E-state index contributed by atoms with van der Waals surface area (Å²) in [5, 5.41) is 0. The minimum Gasteiger partial charge on any atom is -0.483 e. The second kappa shape index (κ2) is 10.1. The van der Waals surface area contributed by atoms with Gasteiger partial charge in [0.1, 0.15) is 11.6 Å². The Labute approximate surface area is 194 Å². The lowest BCUT2D eigenvalue weighted by atomic mass is 10.2. The number of nitrogens with zero attached hydrogens (tertiary/aromatic N) is 3. The fourth-order valence-corrected chi connectivity index (χ4v) is 5.90. The van der Waals surface area contributed by atoms with Crippen molar-refractivity contribution in [3.63, 3.8) is 0 Å². The Balaban J connectivity index is 1.31. The molecule has 0 aromatic heterocycles. The van der Waals surface area contributed by atoms with Crippen LogP contribution in [0.3, 0.4) is 0 Å². The summed E-state index contributed by atoms with van der Waals surface area (Å²) in [6, 6.07) is 11.2. The Kier molecular flexibility index (Phi) is 7.19. The van der Waals surface area contributed by atoms with Gasteiger partial charge in [0.25, 0.3) is 5.91 Å². The van der Waals surface area contributed by atoms with E-state index < -0.39 is 10.0 Å². The molecule has 2 aromatic carbocycles. The molecule has 7 nitrogen and oxygen atoms in total. The molecule has 2 heterocycles. The first-order valence-corrected chi connectivity index (χ1v) is 12.8. The predicted octanol–water partition coefficient (Wildman–Crippen LogP) is 3.04. The number of carbonyl (C=O) groups excluding carboxylic acids is 1. The average molecular weight is 476 g/mol. The van der Waals surface area contributed by atoms with Gasteiger partial charge in [-0.2, -0.15) is 4.31 Å². The Morgan fingerprint density at radius 3 is 2.24 bits per heavy atom. The van der Waals surface area contributed by atoms with Crippen molar-refractivity contribution in [2.75, 3.05) is 50.8 Å². The van der Waals surface area contributed by atoms with Gasteiger partial charge in [-0.3, -0.25) is 4.79 Å². The maximum atomic E-state index is 13.1. The van der Waals surface area contributed by atoms with Gasteiger partial charge in [-0.1, -0.05) is 6.42 Å². The number of piperidine rings is 1. The van der Waals surface area contributed by atoms with Gasteiger partial charge in [-0.05, 0) is 67.8 Å². The summed E-state index contributed by atoms with van der Waals surface area (Å²) in [7, 11) is -3.50. The number of carbonyl (C=O) groups is 1. The standard InChI is InChI=1S/C24H30FN3O4S/c1-19-17-22(33(30,31)28-11-3-2-4-12-28)9-10-23(19)32-18-24(29)27-15-13-26(14-16-27)21-7-5-20(25)6-8-21/h5-10,17H,2-4,11-16,18H2,1H3. The van der Waals surface area contributed by atoms with Crippen molar-refractivity contribution >= 4 is 21.6 Å². The lowest BCUT2D eigenvalue weighted by Gasteiger charge is -2.36. The van der Waals surface area contributed by atoms with Gasteiger partial charge in [-0.25, -0.2) is 12.8 Å². The predicted molar refractivity (Wildman–Crippen MR) is 124 cm³/mol. The van der Waals surface area contributed by atoms with E-state index in [2.05, 4.69) is 4.90 Å². The molecule has 0 N–H and O–H groups in total. The largest absolute Gasteiger partial charge is 0.483 e. The lowest BCUT2D eigenvalue weighted by Crippen LogP contribution is -2.50. The van der Waals surface area contributed by atoms with Crippen LogP contribution in [-0.2, 0) is 14.8 Å². The maximum absolute atomic E-state index is 13.1. The molecule has 2 aliphatic rings. The van der Waals surface area contributed by atoms with Crippen molar-refractivity contribution in [1.29, 1.82) is 0 Å². The number of hydrogen-bond donors (Lipinski definition) is 0. The number of aryl methyl sites for hydroxylation is 1. The number of sulfonamides is 1. The Bertz CT molecular complexity index is 1080. The number of rotatable bonds is 6. The zero-order valence-electron chi connectivity index (χ0n) is 18.9. The normalized spacial score (nSPS) is 17.8. The third-order valence-electron chi connectivity index (χ3n) is 6.27. The summed E-state index contributed by atoms with van der Waals surface area (Å²) in [6.07, 6.45) is 2.84. The van der Waals surface area contributed by atoms with Crippen molar-refractivity contribution in [2.45, 2.75) is 31.1 Å². The zero-order valence-corrected chi connectivity index (χ0v) is 19.7. The maximum Gasteiger partial charge on any atom is 0.260 e. The molecular formula is C24H30FN3O4S. The highest BCUT2D eigenvalue weighted by atomic mass is 32.2. The van der Waals surface area contributed by atoms with Crippen LogP contribution >= 0.6 is 0 Å². The van der Waals surface area contributed by atoms with E-state index in [1.165, 1.54) is 12.1 Å². The van der Waals surface area contributed by atoms with Gasteiger partial charge in [0.15, 0.2) is 6.61 Å². The highest BCUT2D eigenvalue weighted by Crippen LogP contribution is 2.26. The van der Waals surface area contributed by atoms with Crippen molar-refractivity contribution in [2.24, 2.45) is 0 Å². The minimum absolute atomic E-state index is 0.102. The first kappa shape index (κ1) is 23.5. The molecule has 2 aliphatic heterocycles. The quantitative estimate of drug-likeness (QED) is 0.642. The van der Waals surface area contributed by atoms with Crippen LogP contribution in [0, 0.1) is 12.7 Å². The van der Waals surface area contributed by atoms with Crippen LogP contribution in [-0.4, -0.2) is 69.4 Å². The van der Waals surface area contributed by atoms with Gasteiger partial charge in [0.05, 0.1) is 4.90 Å². The van der Waals surface area contributed by atoms with Crippen LogP contribution in [0.25, 0.3) is 0 Å². The molecular weight excluding hydrogens is 445 g/mol. The number of anilines is 1. The molecule has 0 spiro atoms. The van der Waals surface area contributed by atoms with Crippen LogP contribution in [0.4, 0.5) is 10.1 Å². The van der Waals surface area contributed by atoms with Crippen LogP contribution in [0.1, 0.15) is 24.8 Å². The van der Waals surface area contributed by atoms with Gasteiger partial charge >= 0.3 is 0 Å². The molecule has 178 valence electrons. The fraction of sp³-hybridized carbons (Fsp3) is 0.458. The summed E-state index contributed by atoms with van der Waals surface area (Å²) >= 11 is 0. The fourth-order valence-electron chi connectivity index (χ4n) is 4.30. The SMILES string of the molecule is Cc1cc(S(=O)(=O)N2CCCCC2)ccc1OCC(=O)N1CCN(c2ccc(F)cc2)CC1. The van der Waals surface area contributed by atoms with E-state index in [1.807, 2.05) is 0 Å². The summed E-state index contributed by atoms with van der Waals surface area (Å²) in [5.41, 5.74) is 1.62. The summed E-state index contributed by atoms with van der Waals surface area (Å²) in [6.45, 7) is 5.26. The topological polar surface area (TPSA) is 70.2 Å². The van der Waals surface area contributed by atoms with Crippen LogP contribution in [0.2, 0.25) is 0 Å². The Morgan fingerprint density at radius 2 is 1.61 bits per heavy atom. The van der Waals surface area contributed by atoms with E-state index in [1.54, 1.807) is 46.5 Å². The number of halogens is 1. The first-order chi connectivity index (χ1) is 15.8. The molecule has 1 amide bonds. The van der Waals surface area contributed by atoms with Crippen LogP contribution in [0.15, 0.2) is 47.4 Å². The van der Waals surface area contributed by atoms with Crippen LogP contribution < -0.4 is 9.64 Å². The van der Waals surface area contributed by atoms with Crippen molar-refractivity contribution in [3.05, 3.63) is 53.8 Å². The summed E-state index contributed by atoms with van der Waals surface area (Å²) in [5.74, 6) is 0.126. The molecule has 0 saturated carbocycles. The Morgan fingerprint density at radius 1 is 0.939 bits per heavy atom. The van der Waals surface area contributed by atoms with E-state index in [0.717, 1.165) is 24.9 Å². The highest BCUT2D eigenvalue weighted by Gasteiger charge is 2.27. The lowest BCUT2D eigenvalue weighted by molar-refractivity contribution is -0.133. The van der Waals surface area contributed by atoms with Crippen LogP contribution in [0.5, 0.6) is 5.75 Å². The van der Waals surface area contributed by atoms with E-state index >= 15 is 0 Å². The molecule has 0 unspecified atom stereocenters. The number of hydrogen-bond acceptors (Lipinski definition) is 5. The molecule has 2 fully saturated rings. The Hall–Kier alpha value is -2.65. The molecule has 0 aliphatic carbocycles. The van der Waals surface area contributed by atoms with Gasteiger partial charge < -0.3 is 14.5 Å². The number of benzene rings is 2.